The molecule has 1 fully saturated rings. The SMILES string of the molecule is CCC(CC)(C(N)c1cccc(C)c1C)N1CCCC1. The fourth-order valence-corrected chi connectivity index (χ4v) is 3.90. The Morgan fingerprint density at radius 2 is 1.75 bits per heavy atom. The molecule has 1 aromatic carbocycles. The first-order valence-electron chi connectivity index (χ1n) is 8.13. The molecule has 1 aromatic rings. The lowest BCUT2D eigenvalue weighted by molar-refractivity contribution is 0.0764. The minimum absolute atomic E-state index is 0.107. The highest BCUT2D eigenvalue weighted by Crippen LogP contribution is 2.39. The van der Waals surface area contributed by atoms with Gasteiger partial charge in [-0.15, -0.1) is 0 Å². The second-order valence-electron chi connectivity index (χ2n) is 6.27. The molecule has 2 nitrogen and oxygen atoms in total. The van der Waals surface area contributed by atoms with E-state index in [1.807, 2.05) is 0 Å². The van der Waals surface area contributed by atoms with E-state index in [1.54, 1.807) is 0 Å². The summed E-state index contributed by atoms with van der Waals surface area (Å²) in [5, 5.41) is 0. The minimum Gasteiger partial charge on any atom is -0.322 e. The van der Waals surface area contributed by atoms with Crippen molar-refractivity contribution in [3.05, 3.63) is 34.9 Å². The molecule has 112 valence electrons. The topological polar surface area (TPSA) is 29.3 Å². The summed E-state index contributed by atoms with van der Waals surface area (Å²) in [5.41, 5.74) is 11.0. The summed E-state index contributed by atoms with van der Waals surface area (Å²) in [6.45, 7) is 11.4. The van der Waals surface area contributed by atoms with Gasteiger partial charge < -0.3 is 5.73 Å². The summed E-state index contributed by atoms with van der Waals surface area (Å²) < 4.78 is 0. The van der Waals surface area contributed by atoms with Crippen LogP contribution in [-0.4, -0.2) is 23.5 Å². The molecule has 0 amide bonds. The van der Waals surface area contributed by atoms with Crippen molar-refractivity contribution < 1.29 is 0 Å². The Morgan fingerprint density at radius 1 is 1.15 bits per heavy atom. The van der Waals surface area contributed by atoms with Gasteiger partial charge in [0.05, 0.1) is 0 Å². The maximum absolute atomic E-state index is 6.80. The van der Waals surface area contributed by atoms with Gasteiger partial charge in [-0.25, -0.2) is 0 Å². The average molecular weight is 274 g/mol. The molecule has 1 aliphatic rings. The summed E-state index contributed by atoms with van der Waals surface area (Å²) in [5.74, 6) is 0. The third kappa shape index (κ3) is 2.51. The predicted molar refractivity (Wildman–Crippen MR) is 87.0 cm³/mol. The maximum Gasteiger partial charge on any atom is 0.0484 e. The Hall–Kier alpha value is -0.860. The van der Waals surface area contributed by atoms with Gasteiger partial charge in [-0.2, -0.15) is 0 Å². The smallest absolute Gasteiger partial charge is 0.0484 e. The molecule has 2 N–H and O–H groups in total. The van der Waals surface area contributed by atoms with Crippen molar-refractivity contribution in [2.45, 2.75) is 65.0 Å². The minimum atomic E-state index is 0.107. The molecule has 0 aliphatic carbocycles. The highest BCUT2D eigenvalue weighted by atomic mass is 15.2. The van der Waals surface area contributed by atoms with Crippen molar-refractivity contribution >= 4 is 0 Å². The van der Waals surface area contributed by atoms with Gasteiger partial charge in [0.15, 0.2) is 0 Å². The number of likely N-dealkylation sites (tertiary alicyclic amines) is 1. The molecule has 1 unspecified atom stereocenters. The summed E-state index contributed by atoms with van der Waals surface area (Å²) >= 11 is 0. The van der Waals surface area contributed by atoms with Gasteiger partial charge in [-0.05, 0) is 69.3 Å². The lowest BCUT2D eigenvalue weighted by Crippen LogP contribution is -2.54. The number of nitrogens with zero attached hydrogens (tertiary/aromatic N) is 1. The third-order valence-electron chi connectivity index (χ3n) is 5.52. The molecule has 0 aromatic heterocycles. The van der Waals surface area contributed by atoms with Crippen LogP contribution in [-0.2, 0) is 0 Å². The summed E-state index contributed by atoms with van der Waals surface area (Å²) in [7, 11) is 0. The van der Waals surface area contributed by atoms with Crippen molar-refractivity contribution in [2.24, 2.45) is 5.73 Å². The molecule has 20 heavy (non-hydrogen) atoms. The van der Waals surface area contributed by atoms with E-state index >= 15 is 0 Å². The number of benzene rings is 1. The van der Waals surface area contributed by atoms with Gasteiger partial charge in [-0.1, -0.05) is 32.0 Å². The van der Waals surface area contributed by atoms with E-state index < -0.39 is 0 Å². The van der Waals surface area contributed by atoms with Gasteiger partial charge in [0, 0.05) is 11.6 Å². The van der Waals surface area contributed by atoms with E-state index in [9.17, 15) is 0 Å². The quantitative estimate of drug-likeness (QED) is 0.880. The highest BCUT2D eigenvalue weighted by Gasteiger charge is 2.41. The van der Waals surface area contributed by atoms with Gasteiger partial charge in [0.2, 0.25) is 0 Å². The van der Waals surface area contributed by atoms with Crippen molar-refractivity contribution in [2.75, 3.05) is 13.1 Å². The fourth-order valence-electron chi connectivity index (χ4n) is 3.90. The highest BCUT2D eigenvalue weighted by molar-refractivity contribution is 5.37. The maximum atomic E-state index is 6.80. The first-order chi connectivity index (χ1) is 9.56. The predicted octanol–water partition coefficient (Wildman–Crippen LogP) is 3.96. The number of rotatable bonds is 5. The molecule has 0 radical (unpaired) electrons. The molecule has 2 heteroatoms. The number of nitrogens with two attached hydrogens (primary N) is 1. The molecule has 1 atom stereocenters. The number of hydrogen-bond donors (Lipinski definition) is 1. The Labute approximate surface area is 124 Å². The third-order valence-corrected chi connectivity index (χ3v) is 5.52. The van der Waals surface area contributed by atoms with E-state index in [0.717, 1.165) is 12.8 Å². The standard InChI is InChI=1S/C18H30N2/c1-5-18(6-2,20-12-7-8-13-20)17(19)16-11-9-10-14(3)15(16)4/h9-11,17H,5-8,12-13,19H2,1-4H3. The molecule has 2 rings (SSSR count). The van der Waals surface area contributed by atoms with E-state index in [2.05, 4.69) is 50.8 Å². The summed E-state index contributed by atoms with van der Waals surface area (Å²) in [4.78, 5) is 2.65. The first-order valence-corrected chi connectivity index (χ1v) is 8.13. The van der Waals surface area contributed by atoms with Crippen molar-refractivity contribution in [3.63, 3.8) is 0 Å². The average Bonchev–Trinajstić information content (AvgIpc) is 2.98. The van der Waals surface area contributed by atoms with Crippen LogP contribution in [0.2, 0.25) is 0 Å². The van der Waals surface area contributed by atoms with Crippen LogP contribution in [0.3, 0.4) is 0 Å². The van der Waals surface area contributed by atoms with E-state index in [-0.39, 0.29) is 11.6 Å². The Kier molecular flexibility index (Phi) is 4.87. The zero-order chi connectivity index (χ0) is 14.8. The molecular weight excluding hydrogens is 244 g/mol. The monoisotopic (exact) mass is 274 g/mol. The molecule has 1 saturated heterocycles. The van der Waals surface area contributed by atoms with Crippen LogP contribution in [0, 0.1) is 13.8 Å². The second kappa shape index (κ2) is 6.28. The van der Waals surface area contributed by atoms with Crippen molar-refractivity contribution in [1.29, 1.82) is 0 Å². The van der Waals surface area contributed by atoms with Crippen LogP contribution >= 0.6 is 0 Å². The van der Waals surface area contributed by atoms with Crippen LogP contribution in [0.25, 0.3) is 0 Å². The van der Waals surface area contributed by atoms with Crippen LogP contribution < -0.4 is 5.73 Å². The Bertz CT molecular complexity index is 443. The van der Waals surface area contributed by atoms with E-state index in [4.69, 9.17) is 5.73 Å². The normalized spacial score (nSPS) is 18.4. The Morgan fingerprint density at radius 3 is 2.30 bits per heavy atom. The summed E-state index contributed by atoms with van der Waals surface area (Å²) in [6.07, 6.45) is 4.89. The number of hydrogen-bond acceptors (Lipinski definition) is 2. The van der Waals surface area contributed by atoms with Crippen LogP contribution in [0.1, 0.15) is 62.3 Å². The van der Waals surface area contributed by atoms with Gasteiger partial charge in [-0.3, -0.25) is 4.90 Å². The largest absolute Gasteiger partial charge is 0.322 e. The lowest BCUT2D eigenvalue weighted by atomic mass is 9.78. The number of aryl methyl sites for hydroxylation is 1. The van der Waals surface area contributed by atoms with Gasteiger partial charge in [0.1, 0.15) is 0 Å². The molecule has 0 bridgehead atoms. The molecule has 0 saturated carbocycles. The summed E-state index contributed by atoms with van der Waals surface area (Å²) in [6, 6.07) is 6.66. The lowest BCUT2D eigenvalue weighted by Gasteiger charge is -2.46. The van der Waals surface area contributed by atoms with Crippen molar-refractivity contribution in [1.82, 2.24) is 4.90 Å². The van der Waals surface area contributed by atoms with Gasteiger partial charge in [0.25, 0.3) is 0 Å². The van der Waals surface area contributed by atoms with Crippen LogP contribution in [0.15, 0.2) is 18.2 Å². The van der Waals surface area contributed by atoms with E-state index in [0.29, 0.717) is 0 Å². The zero-order valence-electron chi connectivity index (χ0n) is 13.6. The van der Waals surface area contributed by atoms with Crippen molar-refractivity contribution in [3.8, 4) is 0 Å². The fraction of sp³-hybridized carbons (Fsp3) is 0.667. The van der Waals surface area contributed by atoms with E-state index in [1.165, 1.54) is 42.6 Å². The molecule has 1 aliphatic heterocycles. The van der Waals surface area contributed by atoms with Gasteiger partial charge >= 0.3 is 0 Å². The molecule has 1 heterocycles. The van der Waals surface area contributed by atoms with Crippen LogP contribution in [0.5, 0.6) is 0 Å². The first kappa shape index (κ1) is 15.5. The van der Waals surface area contributed by atoms with Crippen LogP contribution in [0.4, 0.5) is 0 Å². The second-order valence-corrected chi connectivity index (χ2v) is 6.27. The Balaban J connectivity index is 2.40. The molecule has 0 spiro atoms. The molecular formula is C18H30N2. The zero-order valence-corrected chi connectivity index (χ0v) is 13.6.